The molecule has 0 heterocycles. The lowest BCUT2D eigenvalue weighted by Gasteiger charge is -2.11. The Morgan fingerprint density at radius 2 is 0.833 bits per heavy atom. The maximum Gasteiger partial charge on any atom is 0.343 e. The molecule has 0 spiro atoms. The van der Waals surface area contributed by atoms with Crippen LogP contribution in [0.25, 0.3) is 21.5 Å². The van der Waals surface area contributed by atoms with Crippen molar-refractivity contribution in [3.8, 4) is 11.5 Å². The standard InChI is InChI=1S/C34H30O4.C4H10/c1-19-13-27(14-20(2)23(19)5)33(35)37-29-9-11-31-25(17-29)7-8-26-18-30(10-12-32(26)31)38-34(36)28-15-21(3)24(6)22(4)16-28;1-3-4-2/h7-18H,1-6H3;3-4H2,1-2H3. The lowest BCUT2D eigenvalue weighted by molar-refractivity contribution is 0.0725. The van der Waals surface area contributed by atoms with E-state index >= 15 is 0 Å². The fraction of sp³-hybridized carbons (Fsp3) is 0.263. The molecule has 0 aliphatic rings. The third-order valence-electron chi connectivity index (χ3n) is 8.03. The molecule has 0 aliphatic heterocycles. The highest BCUT2D eigenvalue weighted by atomic mass is 16.5. The molecule has 5 aromatic carbocycles. The van der Waals surface area contributed by atoms with Gasteiger partial charge in [-0.05, 0) is 145 Å². The van der Waals surface area contributed by atoms with Gasteiger partial charge in [-0.2, -0.15) is 0 Å². The molecule has 0 radical (unpaired) electrons. The highest BCUT2D eigenvalue weighted by Crippen LogP contribution is 2.31. The van der Waals surface area contributed by atoms with Crippen molar-refractivity contribution in [1.29, 1.82) is 0 Å². The molecule has 0 amide bonds. The van der Waals surface area contributed by atoms with Crippen molar-refractivity contribution in [2.45, 2.75) is 68.2 Å². The highest BCUT2D eigenvalue weighted by molar-refractivity contribution is 6.08. The highest BCUT2D eigenvalue weighted by Gasteiger charge is 2.14. The van der Waals surface area contributed by atoms with Crippen LogP contribution in [-0.2, 0) is 0 Å². The van der Waals surface area contributed by atoms with Crippen LogP contribution in [0.2, 0.25) is 0 Å². The Kier molecular flexibility index (Phi) is 9.47. The zero-order valence-electron chi connectivity index (χ0n) is 26.0. The average molecular weight is 561 g/mol. The van der Waals surface area contributed by atoms with Gasteiger partial charge in [-0.25, -0.2) is 9.59 Å². The van der Waals surface area contributed by atoms with Crippen LogP contribution in [0, 0.1) is 41.5 Å². The van der Waals surface area contributed by atoms with Crippen molar-refractivity contribution in [3.05, 3.63) is 117 Å². The van der Waals surface area contributed by atoms with Crippen LogP contribution in [0.1, 0.15) is 80.8 Å². The molecule has 0 aliphatic carbocycles. The largest absolute Gasteiger partial charge is 0.423 e. The summed E-state index contributed by atoms with van der Waals surface area (Å²) in [5.74, 6) is 0.238. The molecule has 5 rings (SSSR count). The molecule has 216 valence electrons. The number of ether oxygens (including phenoxy) is 2. The maximum absolute atomic E-state index is 12.8. The Balaban J connectivity index is 0.000000952. The van der Waals surface area contributed by atoms with Crippen LogP contribution in [0.5, 0.6) is 11.5 Å². The van der Waals surface area contributed by atoms with Gasteiger partial charge in [0.1, 0.15) is 11.5 Å². The van der Waals surface area contributed by atoms with Gasteiger partial charge in [-0.15, -0.1) is 0 Å². The van der Waals surface area contributed by atoms with E-state index in [4.69, 9.17) is 9.47 Å². The van der Waals surface area contributed by atoms with E-state index in [9.17, 15) is 9.59 Å². The summed E-state index contributed by atoms with van der Waals surface area (Å²) in [6.07, 6.45) is 2.64. The quantitative estimate of drug-likeness (QED) is 0.122. The first kappa shape index (κ1) is 30.5. The number of esters is 2. The number of unbranched alkanes of at least 4 members (excludes halogenated alkanes) is 1. The first-order valence-electron chi connectivity index (χ1n) is 14.6. The average Bonchev–Trinajstić information content (AvgIpc) is 2.97. The van der Waals surface area contributed by atoms with E-state index in [0.717, 1.165) is 43.8 Å². The lowest BCUT2D eigenvalue weighted by Crippen LogP contribution is -2.10. The van der Waals surface area contributed by atoms with Crippen molar-refractivity contribution in [2.24, 2.45) is 0 Å². The van der Waals surface area contributed by atoms with Crippen molar-refractivity contribution >= 4 is 33.5 Å². The van der Waals surface area contributed by atoms with Crippen LogP contribution in [0.15, 0.2) is 72.8 Å². The fourth-order valence-corrected chi connectivity index (χ4v) is 4.79. The number of benzene rings is 5. The second-order valence-electron chi connectivity index (χ2n) is 11.1. The summed E-state index contributed by atoms with van der Waals surface area (Å²) in [4.78, 5) is 25.6. The minimum absolute atomic E-state index is 0.373. The molecule has 0 saturated carbocycles. The van der Waals surface area contributed by atoms with Crippen molar-refractivity contribution < 1.29 is 19.1 Å². The van der Waals surface area contributed by atoms with Crippen molar-refractivity contribution in [1.82, 2.24) is 0 Å². The van der Waals surface area contributed by atoms with Gasteiger partial charge >= 0.3 is 11.9 Å². The summed E-state index contributed by atoms with van der Waals surface area (Å²) in [7, 11) is 0. The van der Waals surface area contributed by atoms with Gasteiger partial charge in [0.05, 0.1) is 11.1 Å². The zero-order valence-corrected chi connectivity index (χ0v) is 26.0. The van der Waals surface area contributed by atoms with Gasteiger partial charge in [-0.3, -0.25) is 0 Å². The van der Waals surface area contributed by atoms with E-state index in [2.05, 4.69) is 13.8 Å². The molecule has 0 aromatic heterocycles. The molecule has 0 fully saturated rings. The summed E-state index contributed by atoms with van der Waals surface area (Å²) in [6, 6.07) is 22.7. The molecule has 0 atom stereocenters. The maximum atomic E-state index is 12.8. The second kappa shape index (κ2) is 13.0. The summed E-state index contributed by atoms with van der Waals surface area (Å²) in [5, 5.41) is 3.95. The Bertz CT molecular complexity index is 1620. The van der Waals surface area contributed by atoms with E-state index < -0.39 is 0 Å². The Morgan fingerprint density at radius 1 is 0.500 bits per heavy atom. The van der Waals surface area contributed by atoms with E-state index in [0.29, 0.717) is 22.6 Å². The Hall–Kier alpha value is -4.44. The lowest BCUT2D eigenvalue weighted by atomic mass is 10.0. The molecule has 0 N–H and O–H groups in total. The second-order valence-corrected chi connectivity index (χ2v) is 11.1. The zero-order chi connectivity index (χ0) is 30.6. The first-order chi connectivity index (χ1) is 20.0. The smallest absolute Gasteiger partial charge is 0.343 e. The van der Waals surface area contributed by atoms with E-state index in [-0.39, 0.29) is 11.9 Å². The SMILES string of the molecule is CCCC.Cc1cc(C(=O)Oc2ccc3c(ccc4cc(OC(=O)c5cc(C)c(C)c(C)c5)ccc43)c2)cc(C)c1C. The number of carbonyl (C=O) groups is 2. The van der Waals surface area contributed by atoms with Gasteiger partial charge in [0.15, 0.2) is 0 Å². The third kappa shape index (κ3) is 6.71. The molecule has 42 heavy (non-hydrogen) atoms. The minimum atomic E-state index is -0.373. The summed E-state index contributed by atoms with van der Waals surface area (Å²) in [5.41, 5.74) is 7.71. The van der Waals surface area contributed by atoms with Crippen molar-refractivity contribution in [2.75, 3.05) is 0 Å². The van der Waals surface area contributed by atoms with Crippen LogP contribution in [-0.4, -0.2) is 11.9 Å². The fourth-order valence-electron chi connectivity index (χ4n) is 4.79. The third-order valence-corrected chi connectivity index (χ3v) is 8.03. The molecule has 0 saturated heterocycles. The van der Waals surface area contributed by atoms with Gasteiger partial charge in [0.25, 0.3) is 0 Å². The minimum Gasteiger partial charge on any atom is -0.423 e. The van der Waals surface area contributed by atoms with E-state index in [1.807, 2.05) is 114 Å². The topological polar surface area (TPSA) is 52.6 Å². The molecular formula is C38H40O4. The first-order valence-corrected chi connectivity index (χ1v) is 14.6. The summed E-state index contributed by atoms with van der Waals surface area (Å²) >= 11 is 0. The Morgan fingerprint density at radius 3 is 1.14 bits per heavy atom. The molecular weight excluding hydrogens is 520 g/mol. The number of hydrogen-bond donors (Lipinski definition) is 0. The summed E-state index contributed by atoms with van der Waals surface area (Å²) in [6.45, 7) is 16.4. The van der Waals surface area contributed by atoms with Crippen LogP contribution in [0.4, 0.5) is 0 Å². The van der Waals surface area contributed by atoms with Crippen LogP contribution < -0.4 is 9.47 Å². The van der Waals surface area contributed by atoms with Gasteiger partial charge < -0.3 is 9.47 Å². The van der Waals surface area contributed by atoms with Gasteiger partial charge in [0, 0.05) is 0 Å². The van der Waals surface area contributed by atoms with Crippen LogP contribution >= 0.6 is 0 Å². The molecule has 4 nitrogen and oxygen atoms in total. The molecule has 4 heteroatoms. The number of rotatable bonds is 5. The molecule has 0 bridgehead atoms. The number of carbonyl (C=O) groups excluding carboxylic acids is 2. The monoisotopic (exact) mass is 560 g/mol. The summed E-state index contributed by atoms with van der Waals surface area (Å²) < 4.78 is 11.4. The van der Waals surface area contributed by atoms with Gasteiger partial charge in [-0.1, -0.05) is 51.0 Å². The van der Waals surface area contributed by atoms with Crippen molar-refractivity contribution in [3.63, 3.8) is 0 Å². The van der Waals surface area contributed by atoms with E-state index in [1.54, 1.807) is 0 Å². The van der Waals surface area contributed by atoms with Gasteiger partial charge in [0.2, 0.25) is 0 Å². The Labute approximate surface area is 249 Å². The van der Waals surface area contributed by atoms with E-state index in [1.165, 1.54) is 24.0 Å². The molecule has 5 aromatic rings. The number of aryl methyl sites for hydroxylation is 4. The number of fused-ring (bicyclic) bond motifs is 3. The number of hydrogen-bond acceptors (Lipinski definition) is 4. The predicted molar refractivity (Wildman–Crippen MR) is 173 cm³/mol. The normalized spacial score (nSPS) is 10.8. The molecule has 0 unspecified atom stereocenters. The predicted octanol–water partition coefficient (Wildman–Crippen LogP) is 10.1. The van der Waals surface area contributed by atoms with Crippen LogP contribution in [0.3, 0.4) is 0 Å².